The molecule has 0 amide bonds. The van der Waals surface area contributed by atoms with Crippen LogP contribution in [0.5, 0.6) is 0 Å². The van der Waals surface area contributed by atoms with Gasteiger partial charge in [0, 0.05) is 5.69 Å². The number of hydrogen-bond acceptors (Lipinski definition) is 2. The van der Waals surface area contributed by atoms with Crippen LogP contribution >= 0.6 is 0 Å². The summed E-state index contributed by atoms with van der Waals surface area (Å²) >= 11 is 0. The first-order valence-corrected chi connectivity index (χ1v) is 3.29. The number of halogens is 1. The van der Waals surface area contributed by atoms with E-state index in [1.165, 1.54) is 14.0 Å². The van der Waals surface area contributed by atoms with E-state index in [1.54, 1.807) is 0 Å². The minimum Gasteiger partial charge on any atom is -0.464 e. The van der Waals surface area contributed by atoms with Crippen LogP contribution in [-0.2, 0) is 4.74 Å². The highest BCUT2D eigenvalue weighted by atomic mass is 19.1. The summed E-state index contributed by atoms with van der Waals surface area (Å²) in [7, 11) is 6.48. The highest BCUT2D eigenvalue weighted by molar-refractivity contribution is 6.36. The van der Waals surface area contributed by atoms with Crippen molar-refractivity contribution >= 4 is 19.3 Å². The van der Waals surface area contributed by atoms with Crippen LogP contribution in [0.25, 0.3) is 0 Å². The molecule has 1 aromatic rings. The number of aryl methyl sites for hydroxylation is 1. The van der Waals surface area contributed by atoms with Gasteiger partial charge in [-0.05, 0) is 12.4 Å². The predicted octanol–water partition coefficient (Wildman–Crippen LogP) is 0.0426. The van der Waals surface area contributed by atoms with Crippen LogP contribution < -0.4 is 5.46 Å². The van der Waals surface area contributed by atoms with Crippen molar-refractivity contribution in [2.45, 2.75) is 6.92 Å². The van der Waals surface area contributed by atoms with Gasteiger partial charge in [0.05, 0.1) is 7.11 Å². The number of carbonyl (C=O) groups is 1. The molecule has 0 aromatic carbocycles. The largest absolute Gasteiger partial charge is 0.464 e. The van der Waals surface area contributed by atoms with Crippen LogP contribution in [0.4, 0.5) is 4.39 Å². The van der Waals surface area contributed by atoms with E-state index >= 15 is 0 Å². The van der Waals surface area contributed by atoms with Crippen molar-refractivity contribution in [2.24, 2.45) is 0 Å². The molecule has 1 heterocycles. The zero-order valence-electron chi connectivity index (χ0n) is 6.77. The minimum absolute atomic E-state index is 0.0347. The summed E-state index contributed by atoms with van der Waals surface area (Å²) in [5.41, 5.74) is -0.000231. The fraction of sp³-hybridized carbons (Fsp3) is 0.286. The van der Waals surface area contributed by atoms with Gasteiger partial charge < -0.3 is 9.72 Å². The smallest absolute Gasteiger partial charge is 0.353 e. The Bertz CT molecular complexity index is 321. The first-order chi connectivity index (χ1) is 5.57. The van der Waals surface area contributed by atoms with Gasteiger partial charge in [0.2, 0.25) is 0 Å². The molecule has 0 aliphatic carbocycles. The van der Waals surface area contributed by atoms with Crippen molar-refractivity contribution in [1.82, 2.24) is 4.98 Å². The fourth-order valence-corrected chi connectivity index (χ4v) is 0.885. The number of aromatic nitrogens is 1. The molecule has 0 atom stereocenters. The van der Waals surface area contributed by atoms with E-state index in [-0.39, 0.29) is 16.9 Å². The van der Waals surface area contributed by atoms with Crippen LogP contribution in [-0.4, -0.2) is 25.9 Å². The third kappa shape index (κ3) is 1.22. The Morgan fingerprint density at radius 1 is 1.67 bits per heavy atom. The molecule has 2 radical (unpaired) electrons. The molecule has 12 heavy (non-hydrogen) atoms. The Morgan fingerprint density at radius 3 is 2.58 bits per heavy atom. The Balaban J connectivity index is 3.17. The molecule has 5 heteroatoms. The molecular weight excluding hydrogens is 160 g/mol. The van der Waals surface area contributed by atoms with E-state index < -0.39 is 11.8 Å². The van der Waals surface area contributed by atoms with Crippen molar-refractivity contribution in [1.29, 1.82) is 0 Å². The number of aromatic amines is 1. The van der Waals surface area contributed by atoms with Crippen molar-refractivity contribution < 1.29 is 13.9 Å². The van der Waals surface area contributed by atoms with Crippen LogP contribution in [0, 0.1) is 12.7 Å². The van der Waals surface area contributed by atoms with Gasteiger partial charge in [-0.3, -0.25) is 0 Å². The molecule has 0 saturated heterocycles. The highest BCUT2D eigenvalue weighted by Gasteiger charge is 2.16. The van der Waals surface area contributed by atoms with Crippen LogP contribution in [0.2, 0.25) is 0 Å². The van der Waals surface area contributed by atoms with E-state index in [1.807, 2.05) is 0 Å². The van der Waals surface area contributed by atoms with Crippen LogP contribution in [0.15, 0.2) is 0 Å². The standard InChI is InChI=1S/C7H7BFNO2/c1-3-5(9)4(8)6(10-3)7(11)12-2/h10H,1-2H3. The van der Waals surface area contributed by atoms with E-state index in [0.717, 1.165) is 0 Å². The van der Waals surface area contributed by atoms with Crippen molar-refractivity contribution in [2.75, 3.05) is 7.11 Å². The maximum Gasteiger partial charge on any atom is 0.353 e. The predicted molar refractivity (Wildman–Crippen MR) is 42.2 cm³/mol. The molecule has 3 nitrogen and oxygen atoms in total. The Kier molecular flexibility index (Phi) is 2.21. The zero-order valence-corrected chi connectivity index (χ0v) is 6.77. The monoisotopic (exact) mass is 167 g/mol. The number of rotatable bonds is 1. The van der Waals surface area contributed by atoms with E-state index in [0.29, 0.717) is 0 Å². The van der Waals surface area contributed by atoms with E-state index in [2.05, 4.69) is 9.72 Å². The Labute approximate surface area is 70.3 Å². The van der Waals surface area contributed by atoms with E-state index in [9.17, 15) is 9.18 Å². The summed E-state index contributed by atoms with van der Waals surface area (Å²) in [6, 6.07) is 0. The molecule has 1 rings (SSSR count). The van der Waals surface area contributed by atoms with Gasteiger partial charge in [0.25, 0.3) is 0 Å². The lowest BCUT2D eigenvalue weighted by Crippen LogP contribution is -2.17. The van der Waals surface area contributed by atoms with Crippen molar-refractivity contribution in [3.8, 4) is 0 Å². The van der Waals surface area contributed by atoms with Gasteiger partial charge in [-0.2, -0.15) is 0 Å². The second-order valence-corrected chi connectivity index (χ2v) is 2.34. The van der Waals surface area contributed by atoms with Crippen LogP contribution in [0.3, 0.4) is 0 Å². The number of nitrogens with one attached hydrogen (secondary N) is 1. The second-order valence-electron chi connectivity index (χ2n) is 2.34. The average Bonchev–Trinajstić information content (AvgIpc) is 2.32. The highest BCUT2D eigenvalue weighted by Crippen LogP contribution is 2.04. The normalized spacial score (nSPS) is 9.92. The van der Waals surface area contributed by atoms with E-state index in [4.69, 9.17) is 7.85 Å². The SMILES string of the molecule is [B]c1c(C(=O)OC)[nH]c(C)c1F. The summed E-state index contributed by atoms with van der Waals surface area (Å²) in [4.78, 5) is 13.4. The number of ether oxygens (including phenoxy) is 1. The minimum atomic E-state index is -0.667. The summed E-state index contributed by atoms with van der Waals surface area (Å²) in [6.45, 7) is 1.48. The summed E-state index contributed by atoms with van der Waals surface area (Å²) in [5, 5.41) is 0. The summed E-state index contributed by atoms with van der Waals surface area (Å²) < 4.78 is 17.3. The molecule has 0 bridgehead atoms. The number of methoxy groups -OCH3 is 1. The molecule has 0 fully saturated rings. The molecule has 0 unspecified atom stereocenters. The topological polar surface area (TPSA) is 42.1 Å². The molecule has 62 valence electrons. The van der Waals surface area contributed by atoms with Crippen molar-refractivity contribution in [3.05, 3.63) is 17.2 Å². The first kappa shape index (κ1) is 8.84. The molecule has 0 aliphatic rings. The molecule has 1 aromatic heterocycles. The van der Waals surface area contributed by atoms with Crippen molar-refractivity contribution in [3.63, 3.8) is 0 Å². The lowest BCUT2D eigenvalue weighted by molar-refractivity contribution is 0.0596. The third-order valence-corrected chi connectivity index (χ3v) is 1.54. The second kappa shape index (κ2) is 3.01. The van der Waals surface area contributed by atoms with Crippen LogP contribution in [0.1, 0.15) is 16.2 Å². The number of carbonyl (C=O) groups excluding carboxylic acids is 1. The van der Waals surface area contributed by atoms with Gasteiger partial charge in [-0.1, -0.05) is 0 Å². The number of hydrogen-bond donors (Lipinski definition) is 1. The summed E-state index contributed by atoms with van der Waals surface area (Å²) in [6.07, 6.45) is 0. The Morgan fingerprint density at radius 2 is 2.25 bits per heavy atom. The molecule has 1 N–H and O–H groups in total. The average molecular weight is 167 g/mol. The maximum absolute atomic E-state index is 12.9. The van der Waals surface area contributed by atoms with Gasteiger partial charge in [-0.15, -0.1) is 0 Å². The van der Waals surface area contributed by atoms with Gasteiger partial charge >= 0.3 is 5.97 Å². The first-order valence-electron chi connectivity index (χ1n) is 3.29. The quantitative estimate of drug-likeness (QED) is 0.474. The van der Waals surface area contributed by atoms with Gasteiger partial charge in [0.1, 0.15) is 19.4 Å². The fourth-order valence-electron chi connectivity index (χ4n) is 0.885. The van der Waals surface area contributed by atoms with Gasteiger partial charge in [-0.25, -0.2) is 9.18 Å². The lowest BCUT2D eigenvalue weighted by Gasteiger charge is -1.95. The summed E-state index contributed by atoms with van der Waals surface area (Å²) in [5.74, 6) is -1.27. The molecular formula is C7H7BFNO2. The lowest BCUT2D eigenvalue weighted by atomic mass is 9.95. The number of H-pyrrole nitrogens is 1. The van der Waals surface area contributed by atoms with Gasteiger partial charge in [0.15, 0.2) is 0 Å². The molecule has 0 spiro atoms. The molecule has 0 aliphatic heterocycles. The third-order valence-electron chi connectivity index (χ3n) is 1.54. The number of esters is 1. The molecule has 0 saturated carbocycles. The maximum atomic E-state index is 12.9. The zero-order chi connectivity index (χ0) is 9.30. The Hall–Kier alpha value is -1.26.